The van der Waals surface area contributed by atoms with E-state index < -0.39 is 0 Å². The number of hydrogen-bond acceptors (Lipinski definition) is 1. The number of nitrogens with one attached hydrogen (secondary N) is 1. The van der Waals surface area contributed by atoms with Gasteiger partial charge in [-0.05, 0) is 13.0 Å². The molecule has 9 heavy (non-hydrogen) atoms. The molecule has 2 nitrogen and oxygen atoms in total. The van der Waals surface area contributed by atoms with Gasteiger partial charge in [0.2, 0.25) is 0 Å². The first-order chi connectivity index (χ1) is 3.91. The summed E-state index contributed by atoms with van der Waals surface area (Å²) in [5.74, 6) is 0. The Balaban J connectivity index is 0. The predicted molar refractivity (Wildman–Crippen MR) is 36.7 cm³/mol. The number of hydrogen-bond donors (Lipinski definition) is 1. The zero-order chi connectivity index (χ0) is 6.24. The zero-order valence-electron chi connectivity index (χ0n) is 5.73. The molecule has 0 unspecified atom stereocenters. The Hall–Kier alpha value is 0.608. The maximum atomic E-state index is 6.81. The van der Waals surface area contributed by atoms with Crippen LogP contribution in [0.5, 0.6) is 0 Å². The molecule has 0 radical (unpaired) electrons. The second-order valence-corrected chi connectivity index (χ2v) is 1.95. The first-order valence-corrected chi connectivity index (χ1v) is 3.26. The predicted octanol–water partition coefficient (Wildman–Crippen LogP) is 1.56. The van der Waals surface area contributed by atoms with E-state index in [1.54, 1.807) is 0 Å². The van der Waals surface area contributed by atoms with Gasteiger partial charge in [0.05, 0.1) is 0 Å². The molecule has 0 rings (SSSR count). The van der Waals surface area contributed by atoms with E-state index >= 15 is 0 Å². The number of nitrogens with two attached hydrogens (primary N) is 1. The average molecular weight is 299 g/mol. The topological polar surface area (TPSA) is 49.8 Å². The van der Waals surface area contributed by atoms with Gasteiger partial charge in [0.25, 0.3) is 0 Å². The van der Waals surface area contributed by atoms with Crippen LogP contribution in [0.4, 0.5) is 0 Å². The SMILES string of the molecule is [NH-]CCCCCCN.[W]. The first-order valence-electron chi connectivity index (χ1n) is 3.26. The molecule has 0 spiro atoms. The Labute approximate surface area is 71.6 Å². The van der Waals surface area contributed by atoms with Crippen LogP contribution in [0, 0.1) is 0 Å². The Bertz CT molecular complexity index is 36.0. The second-order valence-electron chi connectivity index (χ2n) is 1.95. The normalized spacial score (nSPS) is 8.67. The summed E-state index contributed by atoms with van der Waals surface area (Å²) in [5, 5.41) is 0. The van der Waals surface area contributed by atoms with E-state index in [0.717, 1.165) is 19.4 Å². The summed E-state index contributed by atoms with van der Waals surface area (Å²) < 4.78 is 0. The summed E-state index contributed by atoms with van der Waals surface area (Å²) in [6, 6.07) is 0. The minimum absolute atomic E-state index is 0. The third kappa shape index (κ3) is 12.0. The Morgan fingerprint density at radius 1 is 1.00 bits per heavy atom. The van der Waals surface area contributed by atoms with Crippen molar-refractivity contribution in [3.63, 3.8) is 0 Å². The van der Waals surface area contributed by atoms with E-state index in [0.29, 0.717) is 6.54 Å². The van der Waals surface area contributed by atoms with Crippen molar-refractivity contribution in [1.29, 1.82) is 0 Å². The monoisotopic (exact) mass is 299 g/mol. The minimum atomic E-state index is 0. The molecule has 3 N–H and O–H groups in total. The van der Waals surface area contributed by atoms with E-state index in [2.05, 4.69) is 0 Å². The summed E-state index contributed by atoms with van der Waals surface area (Å²) >= 11 is 0. The second kappa shape index (κ2) is 11.4. The average Bonchev–Trinajstić information content (AvgIpc) is 1.81. The van der Waals surface area contributed by atoms with Crippen LogP contribution in [-0.4, -0.2) is 13.1 Å². The van der Waals surface area contributed by atoms with E-state index in [1.165, 1.54) is 12.8 Å². The van der Waals surface area contributed by atoms with Gasteiger partial charge in [0, 0.05) is 21.1 Å². The fraction of sp³-hybridized carbons (Fsp3) is 1.00. The van der Waals surface area contributed by atoms with Crippen molar-refractivity contribution in [3.05, 3.63) is 5.73 Å². The summed E-state index contributed by atoms with van der Waals surface area (Å²) in [5.41, 5.74) is 12.1. The molecule has 0 saturated carbocycles. The van der Waals surface area contributed by atoms with Crippen molar-refractivity contribution < 1.29 is 21.1 Å². The molecule has 0 atom stereocenters. The van der Waals surface area contributed by atoms with Crippen LogP contribution in [0.3, 0.4) is 0 Å². The van der Waals surface area contributed by atoms with Gasteiger partial charge in [0.15, 0.2) is 0 Å². The molecule has 0 aromatic carbocycles. The van der Waals surface area contributed by atoms with Crippen molar-refractivity contribution in [2.45, 2.75) is 25.7 Å². The Morgan fingerprint density at radius 2 is 1.56 bits per heavy atom. The molecule has 3 heteroatoms. The van der Waals surface area contributed by atoms with E-state index in [1.807, 2.05) is 0 Å². The summed E-state index contributed by atoms with van der Waals surface area (Å²) in [4.78, 5) is 0. The molecular weight excluding hydrogens is 284 g/mol. The van der Waals surface area contributed by atoms with Gasteiger partial charge in [-0.3, -0.25) is 0 Å². The van der Waals surface area contributed by atoms with E-state index in [9.17, 15) is 0 Å². The fourth-order valence-corrected chi connectivity index (χ4v) is 0.623. The van der Waals surface area contributed by atoms with E-state index in [4.69, 9.17) is 11.5 Å². The van der Waals surface area contributed by atoms with Gasteiger partial charge in [-0.1, -0.05) is 19.3 Å². The largest absolute Gasteiger partial charge is 0.677 e. The number of unbranched alkanes of at least 4 members (excludes halogenated alkanes) is 3. The molecule has 0 aromatic heterocycles. The molecular formula is C6H15N2W-. The van der Waals surface area contributed by atoms with Crippen molar-refractivity contribution in [1.82, 2.24) is 0 Å². The Morgan fingerprint density at radius 3 is 2.00 bits per heavy atom. The van der Waals surface area contributed by atoms with Gasteiger partial charge < -0.3 is 11.5 Å². The molecule has 0 amide bonds. The number of rotatable bonds is 5. The molecule has 0 saturated heterocycles. The molecule has 0 aliphatic heterocycles. The summed E-state index contributed by atoms with van der Waals surface area (Å²) in [7, 11) is 0. The third-order valence-corrected chi connectivity index (χ3v) is 1.13. The minimum Gasteiger partial charge on any atom is -0.677 e. The van der Waals surface area contributed by atoms with Gasteiger partial charge in [0.1, 0.15) is 0 Å². The van der Waals surface area contributed by atoms with Crippen molar-refractivity contribution >= 4 is 0 Å². The Kier molecular flexibility index (Phi) is 15.6. The van der Waals surface area contributed by atoms with Crippen LogP contribution in [0.2, 0.25) is 0 Å². The van der Waals surface area contributed by atoms with Crippen LogP contribution in [-0.2, 0) is 21.1 Å². The summed E-state index contributed by atoms with van der Waals surface area (Å²) in [6.07, 6.45) is 4.55. The third-order valence-electron chi connectivity index (χ3n) is 1.13. The quantitative estimate of drug-likeness (QED) is 0.769. The van der Waals surface area contributed by atoms with Gasteiger partial charge >= 0.3 is 0 Å². The van der Waals surface area contributed by atoms with Crippen molar-refractivity contribution in [2.24, 2.45) is 5.73 Å². The molecule has 0 aliphatic rings. The van der Waals surface area contributed by atoms with Crippen molar-refractivity contribution in [2.75, 3.05) is 13.1 Å². The summed E-state index contributed by atoms with van der Waals surface area (Å²) in [6.45, 7) is 1.38. The smallest absolute Gasteiger partial charge is 0 e. The van der Waals surface area contributed by atoms with Crippen LogP contribution < -0.4 is 5.73 Å². The van der Waals surface area contributed by atoms with Gasteiger partial charge in [-0.15, -0.1) is 0 Å². The molecule has 56 valence electrons. The van der Waals surface area contributed by atoms with Crippen molar-refractivity contribution in [3.8, 4) is 0 Å². The maximum Gasteiger partial charge on any atom is 0 e. The van der Waals surface area contributed by atoms with E-state index in [-0.39, 0.29) is 21.1 Å². The van der Waals surface area contributed by atoms with Crippen LogP contribution >= 0.6 is 0 Å². The molecule has 0 heterocycles. The first kappa shape index (κ1) is 12.3. The maximum absolute atomic E-state index is 6.81. The van der Waals surface area contributed by atoms with Gasteiger partial charge in [-0.2, -0.15) is 6.54 Å². The zero-order valence-corrected chi connectivity index (χ0v) is 8.66. The van der Waals surface area contributed by atoms with Crippen LogP contribution in [0.1, 0.15) is 25.7 Å². The molecule has 0 fully saturated rings. The molecule has 0 bridgehead atoms. The molecule has 0 aliphatic carbocycles. The fourth-order valence-electron chi connectivity index (χ4n) is 0.623. The standard InChI is InChI=1S/C6H15N2.W/c7-5-3-1-2-4-6-8;/h7H,1-6,8H2;/q-1;. The van der Waals surface area contributed by atoms with Crippen LogP contribution in [0.15, 0.2) is 0 Å². The molecule has 0 aromatic rings. The van der Waals surface area contributed by atoms with Crippen LogP contribution in [0.25, 0.3) is 5.73 Å². The van der Waals surface area contributed by atoms with Gasteiger partial charge in [-0.25, -0.2) is 0 Å².